The van der Waals surface area contributed by atoms with Gasteiger partial charge in [0.25, 0.3) is 0 Å². The van der Waals surface area contributed by atoms with Gasteiger partial charge in [0.15, 0.2) is 0 Å². The van der Waals surface area contributed by atoms with Gasteiger partial charge in [-0.15, -0.1) is 13.2 Å². The Morgan fingerprint density at radius 3 is 0.333 bits per heavy atom. The standard InChI is InChI=1S/4C4H6.C2H4/c4*1-3-4-2;1-2/h4*3-4H,1-2H2;1-2H2. The fraction of sp³-hybridized carbons (Fsp3) is 0. The minimum Gasteiger partial charge on any atom is -0.106 e. The largest absolute Gasteiger partial charge is 0.106 e. The molecule has 0 spiro atoms. The molecule has 0 heteroatoms. The molecule has 18 heavy (non-hydrogen) atoms. The monoisotopic (exact) mass is 244 g/mol. The third kappa shape index (κ3) is 795. The van der Waals surface area contributed by atoms with Gasteiger partial charge in [0, 0.05) is 0 Å². The summed E-state index contributed by atoms with van der Waals surface area (Å²) in [5.74, 6) is 0. The molecule has 0 N–H and O–H groups in total. The molecule has 100 valence electrons. The van der Waals surface area contributed by atoms with Crippen LogP contribution in [0.2, 0.25) is 0 Å². The third-order valence-electron chi connectivity index (χ3n) is 0.667. The summed E-state index contributed by atoms with van der Waals surface area (Å²) in [6.07, 6.45) is 13.1. The van der Waals surface area contributed by atoms with E-state index in [0.29, 0.717) is 0 Å². The molecule has 0 fully saturated rings. The zero-order valence-corrected chi connectivity index (χ0v) is 11.7. The first kappa shape index (κ1) is 29.6. The van der Waals surface area contributed by atoms with E-state index >= 15 is 0 Å². The van der Waals surface area contributed by atoms with Crippen LogP contribution in [0.4, 0.5) is 0 Å². The average Bonchev–Trinajstić information content (AvgIpc) is 2.49. The Bertz CT molecular complexity index is 144. The normalized spacial score (nSPS) is 4.67. The van der Waals surface area contributed by atoms with Gasteiger partial charge in [-0.2, -0.15) is 0 Å². The van der Waals surface area contributed by atoms with Crippen LogP contribution in [0.15, 0.2) is 114 Å². The smallest absolute Gasteiger partial charge is 0.0701 e. The second-order valence-electron chi connectivity index (χ2n) is 1.89. The molecule has 0 aromatic carbocycles. The first-order chi connectivity index (χ1) is 8.66. The summed E-state index contributed by atoms with van der Waals surface area (Å²) in [7, 11) is 0. The van der Waals surface area contributed by atoms with Crippen molar-refractivity contribution in [3.8, 4) is 0 Å². The Morgan fingerprint density at radius 2 is 0.333 bits per heavy atom. The number of allylic oxidation sites excluding steroid dienone is 8. The Balaban J connectivity index is -0.0000000399. The van der Waals surface area contributed by atoms with Crippen molar-refractivity contribution in [1.29, 1.82) is 0 Å². The Kier molecular flexibility index (Phi) is 140. The molecule has 0 aromatic rings. The van der Waals surface area contributed by atoms with Crippen molar-refractivity contribution in [2.45, 2.75) is 0 Å². The van der Waals surface area contributed by atoms with Crippen molar-refractivity contribution in [1.82, 2.24) is 0 Å². The van der Waals surface area contributed by atoms with Crippen LogP contribution < -0.4 is 0 Å². The van der Waals surface area contributed by atoms with Crippen LogP contribution in [-0.2, 0) is 0 Å². The molecule has 0 aromatic heterocycles. The van der Waals surface area contributed by atoms with Crippen molar-refractivity contribution in [3.63, 3.8) is 0 Å². The lowest BCUT2D eigenvalue weighted by Crippen LogP contribution is -1.21. The molecule has 0 nitrogen and oxygen atoms in total. The minimum absolute atomic E-state index is 1.64. The van der Waals surface area contributed by atoms with Gasteiger partial charge in [-0.3, -0.25) is 0 Å². The highest BCUT2D eigenvalue weighted by Gasteiger charge is 1.30. The average molecular weight is 244 g/mol. The lowest BCUT2D eigenvalue weighted by atomic mass is 10.6. The maximum absolute atomic E-state index is 3.36. The first-order valence-corrected chi connectivity index (χ1v) is 5.10. The van der Waals surface area contributed by atoms with Gasteiger partial charge in [0.05, 0.1) is 0 Å². The maximum atomic E-state index is 3.36. The SMILES string of the molecule is C=C.C=CC=C.C=CC=C.C=CC=C.C=CC=C. The highest BCUT2D eigenvalue weighted by Crippen LogP contribution is 1.53. The molecule has 0 radical (unpaired) electrons. The van der Waals surface area contributed by atoms with E-state index in [1.165, 1.54) is 0 Å². The first-order valence-electron chi connectivity index (χ1n) is 5.10. The van der Waals surface area contributed by atoms with E-state index in [2.05, 4.69) is 65.8 Å². The van der Waals surface area contributed by atoms with Gasteiger partial charge < -0.3 is 0 Å². The van der Waals surface area contributed by atoms with Crippen molar-refractivity contribution in [3.05, 3.63) is 114 Å². The van der Waals surface area contributed by atoms with E-state index in [1.807, 2.05) is 0 Å². The van der Waals surface area contributed by atoms with E-state index in [0.717, 1.165) is 0 Å². The Hall–Kier alpha value is -2.34. The number of hydrogen-bond acceptors (Lipinski definition) is 0. The second kappa shape index (κ2) is 85.4. The summed E-state index contributed by atoms with van der Waals surface area (Å²) in [6.45, 7) is 32.9. The van der Waals surface area contributed by atoms with Crippen LogP contribution in [0.5, 0.6) is 0 Å². The molecule has 0 saturated carbocycles. The lowest BCUT2D eigenvalue weighted by Gasteiger charge is -1.44. The highest BCUT2D eigenvalue weighted by atomic mass is 13.4. The predicted molar refractivity (Wildman–Crippen MR) is 92.8 cm³/mol. The van der Waals surface area contributed by atoms with Crippen molar-refractivity contribution in [2.75, 3.05) is 0 Å². The molecule has 0 amide bonds. The molecule has 0 unspecified atom stereocenters. The number of rotatable bonds is 4. The van der Waals surface area contributed by atoms with Crippen LogP contribution >= 0.6 is 0 Å². The van der Waals surface area contributed by atoms with Crippen LogP contribution in [0.3, 0.4) is 0 Å². The molecular weight excluding hydrogens is 216 g/mol. The van der Waals surface area contributed by atoms with E-state index in [9.17, 15) is 0 Å². The van der Waals surface area contributed by atoms with Gasteiger partial charge in [0.1, 0.15) is 0 Å². The predicted octanol–water partition coefficient (Wildman–Crippen LogP) is 6.24. The molecular formula is C18H28. The van der Waals surface area contributed by atoms with Crippen LogP contribution in [0, 0.1) is 0 Å². The van der Waals surface area contributed by atoms with Gasteiger partial charge in [-0.1, -0.05) is 101 Å². The summed E-state index contributed by atoms with van der Waals surface area (Å²) in [6, 6.07) is 0. The molecule has 0 saturated heterocycles. The lowest BCUT2D eigenvalue weighted by molar-refractivity contribution is 2.15. The zero-order chi connectivity index (χ0) is 15.7. The van der Waals surface area contributed by atoms with Crippen LogP contribution in [0.25, 0.3) is 0 Å². The minimum atomic E-state index is 1.64. The van der Waals surface area contributed by atoms with Gasteiger partial charge >= 0.3 is 0 Å². The summed E-state index contributed by atoms with van der Waals surface area (Å²) >= 11 is 0. The van der Waals surface area contributed by atoms with E-state index in [1.54, 1.807) is 48.6 Å². The number of hydrogen-bond donors (Lipinski definition) is 0. The fourth-order valence-electron chi connectivity index (χ4n) is 0. The van der Waals surface area contributed by atoms with E-state index in [4.69, 9.17) is 0 Å². The summed E-state index contributed by atoms with van der Waals surface area (Å²) in [5.41, 5.74) is 0. The molecule has 0 aliphatic heterocycles. The molecule has 0 heterocycles. The van der Waals surface area contributed by atoms with Crippen LogP contribution in [-0.4, -0.2) is 0 Å². The Labute approximate surface area is 115 Å². The molecule has 0 bridgehead atoms. The highest BCUT2D eigenvalue weighted by molar-refractivity contribution is 4.89. The Morgan fingerprint density at radius 1 is 0.278 bits per heavy atom. The second-order valence-corrected chi connectivity index (χ2v) is 1.89. The summed E-state index contributed by atoms with van der Waals surface area (Å²) in [4.78, 5) is 0. The van der Waals surface area contributed by atoms with E-state index in [-0.39, 0.29) is 0 Å². The quantitative estimate of drug-likeness (QED) is 0.406. The van der Waals surface area contributed by atoms with Gasteiger partial charge in [0.2, 0.25) is 0 Å². The van der Waals surface area contributed by atoms with Crippen LogP contribution in [0.1, 0.15) is 0 Å². The molecule has 0 aliphatic carbocycles. The third-order valence-corrected chi connectivity index (χ3v) is 0.667. The van der Waals surface area contributed by atoms with Crippen molar-refractivity contribution < 1.29 is 0 Å². The maximum Gasteiger partial charge on any atom is -0.0701 e. The summed E-state index contributed by atoms with van der Waals surface area (Å²) in [5, 5.41) is 0. The van der Waals surface area contributed by atoms with E-state index < -0.39 is 0 Å². The fourth-order valence-corrected chi connectivity index (χ4v) is 0. The molecule has 0 aliphatic rings. The van der Waals surface area contributed by atoms with Gasteiger partial charge in [-0.05, 0) is 0 Å². The molecule has 0 atom stereocenters. The molecule has 0 rings (SSSR count). The zero-order valence-electron chi connectivity index (χ0n) is 11.7. The topological polar surface area (TPSA) is 0 Å². The van der Waals surface area contributed by atoms with Crippen molar-refractivity contribution in [2.24, 2.45) is 0 Å². The van der Waals surface area contributed by atoms with Gasteiger partial charge in [-0.25, -0.2) is 0 Å². The van der Waals surface area contributed by atoms with Crippen molar-refractivity contribution >= 4 is 0 Å². The summed E-state index contributed by atoms with van der Waals surface area (Å²) < 4.78 is 0.